The van der Waals surface area contributed by atoms with Gasteiger partial charge in [-0.1, -0.05) is 26.0 Å². The van der Waals surface area contributed by atoms with Crippen molar-refractivity contribution in [1.82, 2.24) is 16.2 Å². The van der Waals surface area contributed by atoms with Crippen LogP contribution in [0, 0.1) is 18.7 Å². The molecule has 3 amide bonds. The predicted molar refractivity (Wildman–Crippen MR) is 105 cm³/mol. The molecule has 29 heavy (non-hydrogen) atoms. The number of nitrogens with one attached hydrogen (secondary N) is 3. The van der Waals surface area contributed by atoms with Gasteiger partial charge in [0.1, 0.15) is 17.6 Å². The molecule has 0 saturated carbocycles. The Morgan fingerprint density at radius 3 is 2.34 bits per heavy atom. The van der Waals surface area contributed by atoms with Crippen LogP contribution in [0.3, 0.4) is 0 Å². The van der Waals surface area contributed by atoms with Gasteiger partial charge in [-0.3, -0.25) is 25.2 Å². The number of hydrogen-bond donors (Lipinski definition) is 3. The summed E-state index contributed by atoms with van der Waals surface area (Å²) >= 11 is 0. The third kappa shape index (κ3) is 6.91. The highest BCUT2D eigenvalue weighted by atomic mass is 19.1. The number of rotatable bonds is 7. The monoisotopic (exact) mass is 401 g/mol. The summed E-state index contributed by atoms with van der Waals surface area (Å²) in [6.45, 7) is 5.12. The maximum Gasteiger partial charge on any atom is 0.276 e. The van der Waals surface area contributed by atoms with E-state index < -0.39 is 29.6 Å². The van der Waals surface area contributed by atoms with Crippen LogP contribution in [0.25, 0.3) is 0 Å². The number of amides is 3. The van der Waals surface area contributed by atoms with Crippen molar-refractivity contribution in [1.29, 1.82) is 0 Å². The molecule has 0 aliphatic rings. The van der Waals surface area contributed by atoms with E-state index >= 15 is 0 Å². The summed E-state index contributed by atoms with van der Waals surface area (Å²) < 4.78 is 18.3. The first-order chi connectivity index (χ1) is 13.8. The second-order valence-corrected chi connectivity index (χ2v) is 6.84. The summed E-state index contributed by atoms with van der Waals surface area (Å²) in [5, 5.41) is 2.58. The average Bonchev–Trinajstić information content (AvgIpc) is 2.68. The summed E-state index contributed by atoms with van der Waals surface area (Å²) in [5.41, 5.74) is 5.76. The van der Waals surface area contributed by atoms with E-state index in [0.717, 1.165) is 17.7 Å². The molecule has 0 aliphatic carbocycles. The Hall–Kier alpha value is -3.42. The van der Waals surface area contributed by atoms with Gasteiger partial charge in [0, 0.05) is 5.56 Å². The summed E-state index contributed by atoms with van der Waals surface area (Å²) in [7, 11) is 0. The molecule has 0 unspecified atom stereocenters. The van der Waals surface area contributed by atoms with Gasteiger partial charge >= 0.3 is 0 Å². The van der Waals surface area contributed by atoms with E-state index in [1.165, 1.54) is 12.1 Å². The molecule has 7 nitrogen and oxygen atoms in total. The van der Waals surface area contributed by atoms with Crippen LogP contribution >= 0.6 is 0 Å². The maximum absolute atomic E-state index is 13.0. The minimum atomic E-state index is -0.898. The Labute approximate surface area is 168 Å². The summed E-state index contributed by atoms with van der Waals surface area (Å²) in [4.78, 5) is 36.6. The van der Waals surface area contributed by atoms with Crippen molar-refractivity contribution in [3.63, 3.8) is 0 Å². The molecule has 154 valence electrons. The highest BCUT2D eigenvalue weighted by Gasteiger charge is 2.25. The third-order valence-electron chi connectivity index (χ3n) is 4.03. The second kappa shape index (κ2) is 10.2. The summed E-state index contributed by atoms with van der Waals surface area (Å²) in [6.07, 6.45) is 0. The minimum Gasteiger partial charge on any atom is -0.484 e. The van der Waals surface area contributed by atoms with Crippen LogP contribution in [0.1, 0.15) is 29.8 Å². The number of carbonyl (C=O) groups is 3. The van der Waals surface area contributed by atoms with Crippen LogP contribution in [-0.4, -0.2) is 30.4 Å². The van der Waals surface area contributed by atoms with Crippen molar-refractivity contribution in [2.24, 2.45) is 5.92 Å². The van der Waals surface area contributed by atoms with Crippen LogP contribution in [0.15, 0.2) is 48.5 Å². The van der Waals surface area contributed by atoms with Gasteiger partial charge in [0.05, 0.1) is 0 Å². The topological polar surface area (TPSA) is 96.5 Å². The molecule has 2 rings (SSSR count). The first kappa shape index (κ1) is 21.9. The van der Waals surface area contributed by atoms with Crippen molar-refractivity contribution in [2.45, 2.75) is 26.8 Å². The summed E-state index contributed by atoms with van der Waals surface area (Å²) in [6, 6.07) is 11.3. The zero-order valence-electron chi connectivity index (χ0n) is 16.5. The fourth-order valence-corrected chi connectivity index (χ4v) is 2.46. The number of ether oxygens (including phenoxy) is 1. The van der Waals surface area contributed by atoms with Crippen LogP contribution in [0.2, 0.25) is 0 Å². The van der Waals surface area contributed by atoms with E-state index in [1.807, 2.05) is 13.0 Å². The normalized spacial score (nSPS) is 11.5. The van der Waals surface area contributed by atoms with E-state index in [0.29, 0.717) is 5.75 Å². The SMILES string of the molecule is Cc1cccc(OCC(=O)NNC(=O)[C@@H](NC(=O)c2ccc(F)cc2)C(C)C)c1. The first-order valence-electron chi connectivity index (χ1n) is 9.11. The smallest absolute Gasteiger partial charge is 0.276 e. The van der Waals surface area contributed by atoms with Gasteiger partial charge in [-0.05, 0) is 54.8 Å². The van der Waals surface area contributed by atoms with E-state index in [1.54, 1.807) is 32.0 Å². The molecule has 2 aromatic rings. The van der Waals surface area contributed by atoms with Gasteiger partial charge in [-0.25, -0.2) is 4.39 Å². The zero-order valence-corrected chi connectivity index (χ0v) is 16.5. The van der Waals surface area contributed by atoms with Crippen LogP contribution < -0.4 is 20.9 Å². The van der Waals surface area contributed by atoms with Crippen molar-refractivity contribution >= 4 is 17.7 Å². The molecule has 0 radical (unpaired) electrons. The van der Waals surface area contributed by atoms with Crippen molar-refractivity contribution in [3.8, 4) is 5.75 Å². The quantitative estimate of drug-likeness (QED) is 0.619. The lowest BCUT2D eigenvalue weighted by Gasteiger charge is -2.22. The Bertz CT molecular complexity index is 868. The molecule has 0 aliphatic heterocycles. The molecular weight excluding hydrogens is 377 g/mol. The molecule has 0 aromatic heterocycles. The molecule has 3 N–H and O–H groups in total. The Balaban J connectivity index is 1.86. The molecule has 1 atom stereocenters. The fourth-order valence-electron chi connectivity index (χ4n) is 2.46. The van der Waals surface area contributed by atoms with Gasteiger partial charge in [0.2, 0.25) is 0 Å². The Morgan fingerprint density at radius 1 is 1.03 bits per heavy atom. The average molecular weight is 401 g/mol. The molecule has 8 heteroatoms. The standard InChI is InChI=1S/C21H24FN3O4/c1-13(2)19(23-20(27)15-7-9-16(22)10-8-15)21(28)25-24-18(26)12-29-17-6-4-5-14(3)11-17/h4-11,13,19H,12H2,1-3H3,(H,23,27)(H,24,26)(H,25,28)/t19-/m0/s1. The van der Waals surface area contributed by atoms with Gasteiger partial charge in [-0.15, -0.1) is 0 Å². The van der Waals surface area contributed by atoms with Crippen molar-refractivity contribution in [2.75, 3.05) is 6.61 Å². The molecule has 2 aromatic carbocycles. The van der Waals surface area contributed by atoms with Gasteiger partial charge in [0.25, 0.3) is 17.7 Å². The van der Waals surface area contributed by atoms with Crippen molar-refractivity contribution in [3.05, 3.63) is 65.5 Å². The van der Waals surface area contributed by atoms with Gasteiger partial charge in [-0.2, -0.15) is 0 Å². The zero-order chi connectivity index (χ0) is 21.4. The van der Waals surface area contributed by atoms with Crippen molar-refractivity contribution < 1.29 is 23.5 Å². The highest BCUT2D eigenvalue weighted by Crippen LogP contribution is 2.12. The maximum atomic E-state index is 13.0. The summed E-state index contributed by atoms with van der Waals surface area (Å²) in [5.74, 6) is -1.83. The Morgan fingerprint density at radius 2 is 1.72 bits per heavy atom. The largest absolute Gasteiger partial charge is 0.484 e. The number of hydrazine groups is 1. The first-order valence-corrected chi connectivity index (χ1v) is 9.11. The Kier molecular flexibility index (Phi) is 7.70. The minimum absolute atomic E-state index is 0.223. The third-order valence-corrected chi connectivity index (χ3v) is 4.03. The van der Waals surface area contributed by atoms with Crippen LogP contribution in [-0.2, 0) is 9.59 Å². The fraction of sp³-hybridized carbons (Fsp3) is 0.286. The molecular formula is C21H24FN3O4. The second-order valence-electron chi connectivity index (χ2n) is 6.84. The van der Waals surface area contributed by atoms with E-state index in [9.17, 15) is 18.8 Å². The van der Waals surface area contributed by atoms with E-state index in [2.05, 4.69) is 16.2 Å². The van der Waals surface area contributed by atoms with Crippen LogP contribution in [0.5, 0.6) is 5.75 Å². The van der Waals surface area contributed by atoms with E-state index in [-0.39, 0.29) is 18.1 Å². The number of halogens is 1. The lowest BCUT2D eigenvalue weighted by Crippen LogP contribution is -2.55. The molecule has 0 spiro atoms. The molecule has 0 heterocycles. The van der Waals surface area contributed by atoms with E-state index in [4.69, 9.17) is 4.74 Å². The molecule has 0 fully saturated rings. The van der Waals surface area contributed by atoms with Gasteiger partial charge in [0.15, 0.2) is 6.61 Å². The van der Waals surface area contributed by atoms with Crippen LogP contribution in [0.4, 0.5) is 4.39 Å². The number of carbonyl (C=O) groups excluding carboxylic acids is 3. The van der Waals surface area contributed by atoms with Gasteiger partial charge < -0.3 is 10.1 Å². The number of aryl methyl sites for hydroxylation is 1. The lowest BCUT2D eigenvalue weighted by molar-refractivity contribution is -0.131. The number of hydrogen-bond acceptors (Lipinski definition) is 4. The molecule has 0 saturated heterocycles. The highest BCUT2D eigenvalue weighted by molar-refractivity contribution is 5.97. The predicted octanol–water partition coefficient (Wildman–Crippen LogP) is 2.11. The molecule has 0 bridgehead atoms. The lowest BCUT2D eigenvalue weighted by atomic mass is 10.0. The number of benzene rings is 2.